The second-order valence-corrected chi connectivity index (χ2v) is 6.57. The molecule has 3 nitrogen and oxygen atoms in total. The first kappa shape index (κ1) is 14.2. The van der Waals surface area contributed by atoms with Gasteiger partial charge in [-0.1, -0.05) is 31.9 Å². The SMILES string of the molecule is CC1(C)CCCC(NC(=O)c2ccc(Cl)c(N)c2)C1. The van der Waals surface area contributed by atoms with E-state index in [0.29, 0.717) is 21.7 Å². The second-order valence-electron chi connectivity index (χ2n) is 6.17. The molecule has 104 valence electrons. The summed E-state index contributed by atoms with van der Waals surface area (Å²) in [7, 11) is 0. The van der Waals surface area contributed by atoms with E-state index >= 15 is 0 Å². The summed E-state index contributed by atoms with van der Waals surface area (Å²) in [6, 6.07) is 5.26. The van der Waals surface area contributed by atoms with Crippen LogP contribution < -0.4 is 11.1 Å². The zero-order valence-electron chi connectivity index (χ0n) is 11.5. The topological polar surface area (TPSA) is 55.1 Å². The van der Waals surface area contributed by atoms with Crippen molar-refractivity contribution in [3.63, 3.8) is 0 Å². The second kappa shape index (κ2) is 5.41. The Labute approximate surface area is 119 Å². The Morgan fingerprint density at radius 2 is 2.21 bits per heavy atom. The lowest BCUT2D eigenvalue weighted by Gasteiger charge is -2.35. The smallest absolute Gasteiger partial charge is 0.251 e. The lowest BCUT2D eigenvalue weighted by Crippen LogP contribution is -2.40. The largest absolute Gasteiger partial charge is 0.398 e. The van der Waals surface area contributed by atoms with Gasteiger partial charge in [0.05, 0.1) is 10.7 Å². The van der Waals surface area contributed by atoms with Crippen LogP contribution in [0.15, 0.2) is 18.2 Å². The van der Waals surface area contributed by atoms with E-state index in [4.69, 9.17) is 17.3 Å². The van der Waals surface area contributed by atoms with E-state index in [9.17, 15) is 4.79 Å². The van der Waals surface area contributed by atoms with Crippen LogP contribution in [0.5, 0.6) is 0 Å². The van der Waals surface area contributed by atoms with Gasteiger partial charge in [0.2, 0.25) is 0 Å². The number of nitrogens with two attached hydrogens (primary N) is 1. The van der Waals surface area contributed by atoms with Crippen LogP contribution in [-0.2, 0) is 0 Å². The molecule has 0 aromatic heterocycles. The Kier molecular flexibility index (Phi) is 4.04. The molecule has 1 atom stereocenters. The molecule has 4 heteroatoms. The van der Waals surface area contributed by atoms with Gasteiger partial charge in [0, 0.05) is 11.6 Å². The predicted octanol–water partition coefficient (Wildman–Crippen LogP) is 3.62. The van der Waals surface area contributed by atoms with Crippen LogP contribution in [0.25, 0.3) is 0 Å². The molecule has 0 bridgehead atoms. The average Bonchev–Trinajstić information content (AvgIpc) is 2.31. The normalized spacial score (nSPS) is 21.9. The molecule has 0 heterocycles. The van der Waals surface area contributed by atoms with Crippen molar-refractivity contribution in [2.45, 2.75) is 45.6 Å². The van der Waals surface area contributed by atoms with Crippen molar-refractivity contribution in [3.8, 4) is 0 Å². The van der Waals surface area contributed by atoms with Gasteiger partial charge in [-0.2, -0.15) is 0 Å². The van der Waals surface area contributed by atoms with Gasteiger partial charge >= 0.3 is 0 Å². The Morgan fingerprint density at radius 3 is 2.84 bits per heavy atom. The predicted molar refractivity (Wildman–Crippen MR) is 79.4 cm³/mol. The van der Waals surface area contributed by atoms with E-state index in [1.807, 2.05) is 0 Å². The van der Waals surface area contributed by atoms with E-state index in [0.717, 1.165) is 12.8 Å². The van der Waals surface area contributed by atoms with Crippen LogP contribution in [0.1, 0.15) is 49.9 Å². The van der Waals surface area contributed by atoms with E-state index < -0.39 is 0 Å². The van der Waals surface area contributed by atoms with Gasteiger partial charge < -0.3 is 11.1 Å². The standard InChI is InChI=1S/C15H21ClN2O/c1-15(2)7-3-4-11(9-15)18-14(19)10-5-6-12(16)13(17)8-10/h5-6,8,11H,3-4,7,9,17H2,1-2H3,(H,18,19). The van der Waals surface area contributed by atoms with E-state index in [-0.39, 0.29) is 11.9 Å². The van der Waals surface area contributed by atoms with Gasteiger partial charge in [0.1, 0.15) is 0 Å². The van der Waals surface area contributed by atoms with Crippen molar-refractivity contribution < 1.29 is 4.79 Å². The van der Waals surface area contributed by atoms with Crippen molar-refractivity contribution >= 4 is 23.2 Å². The number of carbonyl (C=O) groups is 1. The van der Waals surface area contributed by atoms with Crippen LogP contribution in [0.4, 0.5) is 5.69 Å². The molecule has 1 amide bonds. The molecule has 1 fully saturated rings. The molecule has 1 aromatic carbocycles. The summed E-state index contributed by atoms with van der Waals surface area (Å²) in [6.45, 7) is 4.51. The number of amides is 1. The van der Waals surface area contributed by atoms with E-state index in [2.05, 4.69) is 19.2 Å². The molecule has 1 aliphatic carbocycles. The van der Waals surface area contributed by atoms with Crippen LogP contribution in [0, 0.1) is 5.41 Å². The number of anilines is 1. The van der Waals surface area contributed by atoms with Crippen LogP contribution in [0.2, 0.25) is 5.02 Å². The summed E-state index contributed by atoms with van der Waals surface area (Å²) in [5.41, 5.74) is 7.05. The van der Waals surface area contributed by atoms with Gasteiger partial charge in [-0.25, -0.2) is 0 Å². The molecular formula is C15H21ClN2O. The fourth-order valence-electron chi connectivity index (χ4n) is 2.78. The van der Waals surface area contributed by atoms with E-state index in [1.165, 1.54) is 12.8 Å². The number of rotatable bonds is 2. The molecule has 0 radical (unpaired) electrons. The van der Waals surface area contributed by atoms with E-state index in [1.54, 1.807) is 18.2 Å². The Balaban J connectivity index is 2.02. The lowest BCUT2D eigenvalue weighted by molar-refractivity contribution is 0.0902. The minimum Gasteiger partial charge on any atom is -0.398 e. The molecule has 0 aliphatic heterocycles. The number of benzene rings is 1. The first-order valence-corrected chi connectivity index (χ1v) is 7.11. The summed E-state index contributed by atoms with van der Waals surface area (Å²) in [6.07, 6.45) is 4.48. The third-order valence-corrected chi connectivity index (χ3v) is 4.14. The Morgan fingerprint density at radius 1 is 1.47 bits per heavy atom. The zero-order chi connectivity index (χ0) is 14.0. The Bertz CT molecular complexity index is 485. The monoisotopic (exact) mass is 280 g/mol. The summed E-state index contributed by atoms with van der Waals surface area (Å²) in [5.74, 6) is -0.0638. The molecule has 1 unspecified atom stereocenters. The van der Waals surface area contributed by atoms with Gasteiger partial charge in [-0.3, -0.25) is 4.79 Å². The van der Waals surface area contributed by atoms with Crippen LogP contribution in [-0.4, -0.2) is 11.9 Å². The fourth-order valence-corrected chi connectivity index (χ4v) is 2.89. The number of hydrogen-bond acceptors (Lipinski definition) is 2. The lowest BCUT2D eigenvalue weighted by atomic mass is 9.75. The number of nitrogens with one attached hydrogen (secondary N) is 1. The number of nitrogen functional groups attached to an aromatic ring is 1. The third kappa shape index (κ3) is 3.63. The Hall–Kier alpha value is -1.22. The fraction of sp³-hybridized carbons (Fsp3) is 0.533. The third-order valence-electron chi connectivity index (χ3n) is 3.80. The number of hydrogen-bond donors (Lipinski definition) is 2. The molecule has 3 N–H and O–H groups in total. The highest BCUT2D eigenvalue weighted by Crippen LogP contribution is 2.35. The molecule has 0 spiro atoms. The summed E-state index contributed by atoms with van der Waals surface area (Å²) in [5, 5.41) is 3.58. The minimum absolute atomic E-state index is 0.0638. The van der Waals surface area contributed by atoms with Gasteiger partial charge in [0.15, 0.2) is 0 Å². The number of halogens is 1. The maximum atomic E-state index is 12.2. The van der Waals surface area contributed by atoms with Crippen molar-refractivity contribution in [2.24, 2.45) is 5.41 Å². The highest BCUT2D eigenvalue weighted by Gasteiger charge is 2.28. The molecule has 19 heavy (non-hydrogen) atoms. The van der Waals surface area contributed by atoms with Crippen molar-refractivity contribution in [1.82, 2.24) is 5.32 Å². The van der Waals surface area contributed by atoms with Gasteiger partial charge in [0.25, 0.3) is 5.91 Å². The van der Waals surface area contributed by atoms with Crippen molar-refractivity contribution in [1.29, 1.82) is 0 Å². The average molecular weight is 281 g/mol. The van der Waals surface area contributed by atoms with Crippen LogP contribution in [0.3, 0.4) is 0 Å². The zero-order valence-corrected chi connectivity index (χ0v) is 12.3. The summed E-state index contributed by atoms with van der Waals surface area (Å²) in [4.78, 5) is 12.2. The molecule has 0 saturated heterocycles. The van der Waals surface area contributed by atoms with Gasteiger partial charge in [-0.15, -0.1) is 0 Å². The van der Waals surface area contributed by atoms with Crippen molar-refractivity contribution in [2.75, 3.05) is 5.73 Å². The van der Waals surface area contributed by atoms with Gasteiger partial charge in [-0.05, 0) is 42.9 Å². The quantitative estimate of drug-likeness (QED) is 0.813. The highest BCUT2D eigenvalue weighted by molar-refractivity contribution is 6.33. The molecule has 1 aromatic rings. The summed E-state index contributed by atoms with van der Waals surface area (Å²) >= 11 is 5.86. The van der Waals surface area contributed by atoms with Crippen molar-refractivity contribution in [3.05, 3.63) is 28.8 Å². The summed E-state index contributed by atoms with van der Waals surface area (Å²) < 4.78 is 0. The first-order valence-electron chi connectivity index (χ1n) is 6.73. The molecule has 1 aliphatic rings. The molecule has 1 saturated carbocycles. The van der Waals surface area contributed by atoms with Crippen LogP contribution >= 0.6 is 11.6 Å². The minimum atomic E-state index is -0.0638. The molecular weight excluding hydrogens is 260 g/mol. The first-order chi connectivity index (χ1) is 8.87. The highest BCUT2D eigenvalue weighted by atomic mass is 35.5. The maximum Gasteiger partial charge on any atom is 0.251 e. The maximum absolute atomic E-state index is 12.2. The number of carbonyl (C=O) groups excluding carboxylic acids is 1. The molecule has 2 rings (SSSR count).